The van der Waals surface area contributed by atoms with Crippen LogP contribution in [0.25, 0.3) is 0 Å². The molecule has 21 heavy (non-hydrogen) atoms. The first-order valence-corrected chi connectivity index (χ1v) is 9.00. The van der Waals surface area contributed by atoms with E-state index in [2.05, 4.69) is 42.0 Å². The second-order valence-electron chi connectivity index (χ2n) is 6.63. The molecule has 1 fully saturated rings. The lowest BCUT2D eigenvalue weighted by Crippen LogP contribution is -2.33. The monoisotopic (exact) mass is 355 g/mol. The Kier molecular flexibility index (Phi) is 6.24. The van der Waals surface area contributed by atoms with Crippen molar-refractivity contribution in [1.29, 1.82) is 0 Å². The molecule has 0 aliphatic heterocycles. The Morgan fingerprint density at radius 2 is 2.05 bits per heavy atom. The molecule has 4 unspecified atom stereocenters. The maximum Gasteiger partial charge on any atom is 0.137 e. The Bertz CT molecular complexity index is 463. The van der Waals surface area contributed by atoms with Gasteiger partial charge in [0.15, 0.2) is 0 Å². The molecule has 1 aliphatic carbocycles. The fourth-order valence-electron chi connectivity index (χ4n) is 3.45. The van der Waals surface area contributed by atoms with Gasteiger partial charge in [0.1, 0.15) is 5.82 Å². The van der Waals surface area contributed by atoms with E-state index in [1.54, 1.807) is 6.07 Å². The maximum absolute atomic E-state index is 13.5. The predicted octanol–water partition coefficient (Wildman–Crippen LogP) is 5.70. The van der Waals surface area contributed by atoms with E-state index in [0.29, 0.717) is 16.4 Å². The minimum Gasteiger partial charge on any atom is -0.310 e. The van der Waals surface area contributed by atoms with E-state index in [9.17, 15) is 4.39 Å². The molecule has 1 N–H and O–H groups in total. The van der Waals surface area contributed by atoms with Crippen LogP contribution in [-0.2, 0) is 0 Å². The van der Waals surface area contributed by atoms with Crippen LogP contribution in [0, 0.1) is 23.6 Å². The summed E-state index contributed by atoms with van der Waals surface area (Å²) in [5.41, 5.74) is 1.21. The molecule has 3 heteroatoms. The first-order chi connectivity index (χ1) is 10.0. The topological polar surface area (TPSA) is 12.0 Å². The number of nitrogens with one attached hydrogen (secondary N) is 1. The lowest BCUT2D eigenvalue weighted by atomic mass is 9.72. The van der Waals surface area contributed by atoms with E-state index in [1.165, 1.54) is 24.8 Å². The Labute approximate surface area is 136 Å². The molecule has 1 nitrogen and oxygen atoms in total. The third kappa shape index (κ3) is 4.29. The van der Waals surface area contributed by atoms with Gasteiger partial charge >= 0.3 is 0 Å². The predicted molar refractivity (Wildman–Crippen MR) is 90.8 cm³/mol. The first-order valence-electron chi connectivity index (χ1n) is 8.21. The van der Waals surface area contributed by atoms with Crippen LogP contribution in [0.5, 0.6) is 0 Å². The zero-order chi connectivity index (χ0) is 15.4. The lowest BCUT2D eigenvalue weighted by molar-refractivity contribution is 0.171. The Morgan fingerprint density at radius 1 is 1.29 bits per heavy atom. The summed E-state index contributed by atoms with van der Waals surface area (Å²) < 4.78 is 14.1. The summed E-state index contributed by atoms with van der Waals surface area (Å²) in [5.74, 6) is 2.07. The fourth-order valence-corrected chi connectivity index (χ4v) is 3.85. The van der Waals surface area contributed by atoms with Gasteiger partial charge in [0, 0.05) is 6.04 Å². The van der Waals surface area contributed by atoms with Crippen molar-refractivity contribution in [3.8, 4) is 0 Å². The summed E-state index contributed by atoms with van der Waals surface area (Å²) >= 11 is 3.33. The summed E-state index contributed by atoms with van der Waals surface area (Å²) in [6, 6.07) is 5.81. The van der Waals surface area contributed by atoms with E-state index >= 15 is 0 Å². The highest BCUT2D eigenvalue weighted by molar-refractivity contribution is 9.10. The van der Waals surface area contributed by atoms with Crippen LogP contribution >= 0.6 is 15.9 Å². The fraction of sp³-hybridized carbons (Fsp3) is 0.667. The maximum atomic E-state index is 13.5. The van der Waals surface area contributed by atoms with Gasteiger partial charge in [-0.05, 0) is 77.2 Å². The van der Waals surface area contributed by atoms with Crippen molar-refractivity contribution in [1.82, 2.24) is 5.32 Å². The summed E-state index contributed by atoms with van der Waals surface area (Å²) in [5, 5.41) is 3.69. The van der Waals surface area contributed by atoms with E-state index in [0.717, 1.165) is 24.8 Å². The number of benzene rings is 1. The molecule has 1 aliphatic rings. The average Bonchev–Trinajstić information content (AvgIpc) is 2.46. The second kappa shape index (κ2) is 7.73. The normalized spacial score (nSPS) is 27.6. The third-order valence-electron chi connectivity index (χ3n) is 5.03. The molecule has 0 radical (unpaired) electrons. The van der Waals surface area contributed by atoms with Gasteiger partial charge in [0.25, 0.3) is 0 Å². The van der Waals surface area contributed by atoms with E-state index < -0.39 is 0 Å². The molecule has 1 aromatic carbocycles. The van der Waals surface area contributed by atoms with Crippen LogP contribution in [0.15, 0.2) is 22.7 Å². The van der Waals surface area contributed by atoms with Crippen LogP contribution in [0.2, 0.25) is 0 Å². The third-order valence-corrected chi connectivity index (χ3v) is 5.63. The van der Waals surface area contributed by atoms with Crippen LogP contribution in [0.1, 0.15) is 58.1 Å². The van der Waals surface area contributed by atoms with Crippen LogP contribution in [0.4, 0.5) is 4.39 Å². The molecule has 118 valence electrons. The molecule has 2 rings (SSSR count). The number of hydrogen-bond acceptors (Lipinski definition) is 1. The van der Waals surface area contributed by atoms with Crippen LogP contribution in [-0.4, -0.2) is 6.54 Å². The quantitative estimate of drug-likeness (QED) is 0.713. The molecule has 1 aromatic rings. The van der Waals surface area contributed by atoms with Crippen LogP contribution < -0.4 is 5.32 Å². The summed E-state index contributed by atoms with van der Waals surface area (Å²) in [6.45, 7) is 7.94. The molecule has 0 heterocycles. The van der Waals surface area contributed by atoms with Crippen molar-refractivity contribution in [2.24, 2.45) is 17.8 Å². The number of hydrogen-bond donors (Lipinski definition) is 1. The molecular formula is C18H27BrFN. The van der Waals surface area contributed by atoms with Crippen molar-refractivity contribution in [2.45, 2.75) is 52.5 Å². The minimum atomic E-state index is -0.182. The van der Waals surface area contributed by atoms with Gasteiger partial charge in [-0.2, -0.15) is 0 Å². The molecule has 0 bridgehead atoms. The lowest BCUT2D eigenvalue weighted by Gasteiger charge is -2.37. The van der Waals surface area contributed by atoms with Crippen molar-refractivity contribution < 1.29 is 4.39 Å². The molecule has 0 spiro atoms. The van der Waals surface area contributed by atoms with Crippen molar-refractivity contribution >= 4 is 15.9 Å². The van der Waals surface area contributed by atoms with Crippen molar-refractivity contribution in [3.05, 3.63) is 34.1 Å². The average molecular weight is 356 g/mol. The largest absolute Gasteiger partial charge is 0.310 e. The molecule has 4 atom stereocenters. The van der Waals surface area contributed by atoms with E-state index in [1.807, 2.05) is 12.1 Å². The highest BCUT2D eigenvalue weighted by Crippen LogP contribution is 2.40. The van der Waals surface area contributed by atoms with Gasteiger partial charge in [0.2, 0.25) is 0 Å². The molecule has 0 aromatic heterocycles. The smallest absolute Gasteiger partial charge is 0.137 e. The Hall–Kier alpha value is -0.410. The highest BCUT2D eigenvalue weighted by Gasteiger charge is 2.30. The zero-order valence-electron chi connectivity index (χ0n) is 13.3. The minimum absolute atomic E-state index is 0.182. The number of rotatable bonds is 5. The van der Waals surface area contributed by atoms with E-state index in [4.69, 9.17) is 0 Å². The first kappa shape index (κ1) is 17.0. The standard InChI is InChI=1S/C18H27BrFN/c1-4-9-21-18(14-6-5-12(2)13(3)10-14)15-7-8-17(20)16(19)11-15/h7-8,11-14,18,21H,4-6,9-10H2,1-3H3. The van der Waals surface area contributed by atoms with Gasteiger partial charge in [-0.15, -0.1) is 0 Å². The summed E-state index contributed by atoms with van der Waals surface area (Å²) in [7, 11) is 0. The summed E-state index contributed by atoms with van der Waals surface area (Å²) in [4.78, 5) is 0. The molecule has 1 saturated carbocycles. The molecule has 0 amide bonds. The summed E-state index contributed by atoms with van der Waals surface area (Å²) in [6.07, 6.45) is 4.95. The zero-order valence-corrected chi connectivity index (χ0v) is 14.9. The van der Waals surface area contributed by atoms with Gasteiger partial charge < -0.3 is 5.32 Å². The number of halogens is 2. The SMILES string of the molecule is CCCNC(c1ccc(F)c(Br)c1)C1CCC(C)C(C)C1. The highest BCUT2D eigenvalue weighted by atomic mass is 79.9. The van der Waals surface area contributed by atoms with Gasteiger partial charge in [-0.25, -0.2) is 4.39 Å². The van der Waals surface area contributed by atoms with Crippen molar-refractivity contribution in [3.63, 3.8) is 0 Å². The van der Waals surface area contributed by atoms with Crippen LogP contribution in [0.3, 0.4) is 0 Å². The van der Waals surface area contributed by atoms with E-state index in [-0.39, 0.29) is 5.82 Å². The molecule has 0 saturated heterocycles. The Balaban J connectivity index is 2.19. The van der Waals surface area contributed by atoms with Gasteiger partial charge in [0.05, 0.1) is 4.47 Å². The van der Waals surface area contributed by atoms with Gasteiger partial charge in [-0.1, -0.05) is 33.3 Å². The molecular weight excluding hydrogens is 329 g/mol. The Morgan fingerprint density at radius 3 is 2.67 bits per heavy atom. The second-order valence-corrected chi connectivity index (χ2v) is 7.49. The van der Waals surface area contributed by atoms with Crippen molar-refractivity contribution in [2.75, 3.05) is 6.54 Å². The van der Waals surface area contributed by atoms with Gasteiger partial charge in [-0.3, -0.25) is 0 Å².